The molecule has 1 aromatic heterocycles. The van der Waals surface area contributed by atoms with E-state index in [0.717, 1.165) is 10.5 Å². The van der Waals surface area contributed by atoms with Crippen LogP contribution in [-0.2, 0) is 23.8 Å². The normalized spacial score (nSPS) is 14.0. The van der Waals surface area contributed by atoms with Gasteiger partial charge in [0.2, 0.25) is 5.52 Å². The van der Waals surface area contributed by atoms with Crippen molar-refractivity contribution in [3.8, 4) is 11.1 Å². The second kappa shape index (κ2) is 15.3. The van der Waals surface area contributed by atoms with Crippen molar-refractivity contribution in [2.45, 2.75) is 13.0 Å². The van der Waals surface area contributed by atoms with E-state index in [1.54, 1.807) is 36.4 Å². The maximum Gasteiger partial charge on any atom is 0.337 e. The number of hydrogen-bond donors (Lipinski definition) is 1. The van der Waals surface area contributed by atoms with Crippen LogP contribution in [0.5, 0.6) is 0 Å². The Morgan fingerprint density at radius 2 is 1.63 bits per heavy atom. The first-order valence-electron chi connectivity index (χ1n) is 16.0. The van der Waals surface area contributed by atoms with Crippen molar-refractivity contribution in [1.82, 2.24) is 15.2 Å². The number of hydrogen-bond acceptors (Lipinski definition) is 13. The lowest BCUT2D eigenvalue weighted by Gasteiger charge is -2.30. The van der Waals surface area contributed by atoms with Gasteiger partial charge in [0, 0.05) is 17.2 Å². The third-order valence-corrected chi connectivity index (χ3v) is 8.44. The third-order valence-electron chi connectivity index (χ3n) is 8.44. The second-order valence-corrected chi connectivity index (χ2v) is 11.7. The molecule has 0 saturated carbocycles. The highest BCUT2D eigenvalue weighted by molar-refractivity contribution is 6.12. The van der Waals surface area contributed by atoms with Gasteiger partial charge < -0.3 is 19.9 Å². The summed E-state index contributed by atoms with van der Waals surface area (Å²) in [5.74, 6) is -2.18. The fourth-order valence-electron chi connectivity index (χ4n) is 5.83. The van der Waals surface area contributed by atoms with Crippen LogP contribution in [0.3, 0.4) is 0 Å². The van der Waals surface area contributed by atoms with Crippen molar-refractivity contribution >= 4 is 51.8 Å². The van der Waals surface area contributed by atoms with Crippen molar-refractivity contribution < 1.29 is 42.9 Å². The number of nitro benzene ring substituents is 1. The van der Waals surface area contributed by atoms with Gasteiger partial charge >= 0.3 is 11.7 Å². The molecular formula is C36H32N6O10. The zero-order valence-electron chi connectivity index (χ0n) is 28.0. The van der Waals surface area contributed by atoms with E-state index in [1.165, 1.54) is 30.2 Å². The van der Waals surface area contributed by atoms with Gasteiger partial charge in [-0.15, -0.1) is 0 Å². The summed E-state index contributed by atoms with van der Waals surface area (Å²) in [6.45, 7) is 1.38. The lowest BCUT2D eigenvalue weighted by atomic mass is 9.95. The van der Waals surface area contributed by atoms with Crippen molar-refractivity contribution in [3.05, 3.63) is 111 Å². The molecular weight excluding hydrogens is 676 g/mol. The third kappa shape index (κ3) is 6.98. The molecule has 0 saturated heterocycles. The lowest BCUT2D eigenvalue weighted by Crippen LogP contribution is -2.48. The molecule has 16 heteroatoms. The summed E-state index contributed by atoms with van der Waals surface area (Å²) in [5.41, 5.74) is 9.03. The SMILES string of the molecule is COC(=O)c1ccc(N(C(=O)COCCOCCN2C(=O)c3ccccc3C(N)C2=O)c2ccc([N+](=O)[O-])c3nonc23)c(-c2ccc(C)cc2)c1. The summed E-state index contributed by atoms with van der Waals surface area (Å²) in [7, 11) is 1.26. The summed E-state index contributed by atoms with van der Waals surface area (Å²) in [5, 5.41) is 19.3. The zero-order valence-corrected chi connectivity index (χ0v) is 28.0. The first kappa shape index (κ1) is 35.5. The van der Waals surface area contributed by atoms with Crippen LogP contribution in [0.15, 0.2) is 83.5 Å². The van der Waals surface area contributed by atoms with E-state index in [0.29, 0.717) is 27.9 Å². The Balaban J connectivity index is 1.21. The molecule has 1 aliphatic heterocycles. The fourth-order valence-corrected chi connectivity index (χ4v) is 5.83. The minimum atomic E-state index is -0.959. The molecule has 1 atom stereocenters. The van der Waals surface area contributed by atoms with Gasteiger partial charge in [0.25, 0.3) is 17.7 Å². The topological polar surface area (TPSA) is 211 Å². The van der Waals surface area contributed by atoms with Crippen molar-refractivity contribution in [1.29, 1.82) is 0 Å². The number of carbonyl (C=O) groups excluding carboxylic acids is 4. The molecule has 16 nitrogen and oxygen atoms in total. The molecule has 1 aliphatic rings. The van der Waals surface area contributed by atoms with Gasteiger partial charge in [-0.2, -0.15) is 0 Å². The van der Waals surface area contributed by atoms with Crippen LogP contribution in [0.25, 0.3) is 22.2 Å². The number of esters is 1. The van der Waals surface area contributed by atoms with Crippen LogP contribution < -0.4 is 10.6 Å². The number of amides is 3. The molecule has 266 valence electrons. The fraction of sp³-hybridized carbons (Fsp3) is 0.222. The van der Waals surface area contributed by atoms with E-state index >= 15 is 0 Å². The Bertz CT molecular complexity index is 2180. The standard InChI is InChI=1S/C36H32N6O10/c1-21-7-9-22(10-8-21)26-19-23(36(46)49-2)11-12-27(26)41(28-13-14-29(42(47)48)33-32(28)38-52-39-33)30(43)20-51-18-17-50-16-15-40-34(44)25-6-4-3-5-24(25)31(37)35(40)45/h3-14,19,31H,15-18,20,37H2,1-2H3. The Morgan fingerprint density at radius 1 is 0.923 bits per heavy atom. The molecule has 0 bridgehead atoms. The van der Waals surface area contributed by atoms with E-state index in [2.05, 4.69) is 10.3 Å². The number of benzene rings is 4. The summed E-state index contributed by atoms with van der Waals surface area (Å²) in [6, 6.07) is 20.3. The summed E-state index contributed by atoms with van der Waals surface area (Å²) < 4.78 is 21.1. The summed E-state index contributed by atoms with van der Waals surface area (Å²) in [6.07, 6.45) is 0. The molecule has 0 fully saturated rings. The smallest absolute Gasteiger partial charge is 0.337 e. The number of aryl methyl sites for hydroxylation is 1. The number of ether oxygens (including phenoxy) is 3. The number of carbonyl (C=O) groups is 4. The lowest BCUT2D eigenvalue weighted by molar-refractivity contribution is -0.383. The van der Waals surface area contributed by atoms with Crippen molar-refractivity contribution in [2.75, 3.05) is 45.0 Å². The highest BCUT2D eigenvalue weighted by Gasteiger charge is 2.36. The number of nitro groups is 1. The number of anilines is 2. The van der Waals surface area contributed by atoms with Crippen LogP contribution in [0.2, 0.25) is 0 Å². The predicted molar refractivity (Wildman–Crippen MR) is 185 cm³/mol. The van der Waals surface area contributed by atoms with E-state index < -0.39 is 41.3 Å². The van der Waals surface area contributed by atoms with Crippen LogP contribution in [0.4, 0.5) is 17.1 Å². The largest absolute Gasteiger partial charge is 0.465 e. The Kier molecular flexibility index (Phi) is 10.4. The van der Waals surface area contributed by atoms with E-state index in [1.807, 2.05) is 31.2 Å². The molecule has 4 aromatic carbocycles. The second-order valence-electron chi connectivity index (χ2n) is 11.7. The number of methoxy groups -OCH3 is 1. The van der Waals surface area contributed by atoms with Gasteiger partial charge in [0.15, 0.2) is 5.52 Å². The molecule has 5 aromatic rings. The molecule has 52 heavy (non-hydrogen) atoms. The maximum atomic E-state index is 14.1. The quantitative estimate of drug-likeness (QED) is 0.0596. The number of aromatic nitrogens is 2. The highest BCUT2D eigenvalue weighted by atomic mass is 16.6. The Labute approximate surface area is 295 Å². The summed E-state index contributed by atoms with van der Waals surface area (Å²) >= 11 is 0. The monoisotopic (exact) mass is 708 g/mol. The zero-order chi connectivity index (χ0) is 36.9. The van der Waals surface area contributed by atoms with Crippen LogP contribution in [-0.4, -0.2) is 83.9 Å². The van der Waals surface area contributed by atoms with Gasteiger partial charge in [0.1, 0.15) is 12.6 Å². The maximum absolute atomic E-state index is 14.1. The number of nitrogens with zero attached hydrogens (tertiary/aromatic N) is 5. The number of nitrogens with two attached hydrogens (primary N) is 1. The Morgan fingerprint density at radius 3 is 2.38 bits per heavy atom. The van der Waals surface area contributed by atoms with Gasteiger partial charge in [0.05, 0.1) is 55.3 Å². The number of non-ortho nitro benzene ring substituents is 1. The molecule has 2 heterocycles. The van der Waals surface area contributed by atoms with Gasteiger partial charge in [-0.3, -0.25) is 34.3 Å². The van der Waals surface area contributed by atoms with Crippen LogP contribution in [0.1, 0.15) is 37.9 Å². The molecule has 6 rings (SSSR count). The average molecular weight is 709 g/mol. The van der Waals surface area contributed by atoms with Crippen LogP contribution >= 0.6 is 0 Å². The van der Waals surface area contributed by atoms with E-state index in [9.17, 15) is 29.3 Å². The predicted octanol–water partition coefficient (Wildman–Crippen LogP) is 4.27. The van der Waals surface area contributed by atoms with Crippen LogP contribution in [0, 0.1) is 17.0 Å². The molecule has 3 amide bonds. The molecule has 0 spiro atoms. The van der Waals surface area contributed by atoms with Gasteiger partial charge in [-0.25, -0.2) is 9.42 Å². The summed E-state index contributed by atoms with van der Waals surface area (Å²) in [4.78, 5) is 65.7. The van der Waals surface area contributed by atoms with Crippen molar-refractivity contribution in [2.24, 2.45) is 5.73 Å². The van der Waals surface area contributed by atoms with E-state index in [4.69, 9.17) is 24.6 Å². The first-order valence-corrected chi connectivity index (χ1v) is 16.0. The van der Waals surface area contributed by atoms with Gasteiger partial charge in [-0.1, -0.05) is 48.0 Å². The van der Waals surface area contributed by atoms with Gasteiger partial charge in [-0.05, 0) is 58.7 Å². The van der Waals surface area contributed by atoms with E-state index in [-0.39, 0.29) is 54.3 Å². The molecule has 0 radical (unpaired) electrons. The Hall–Kier alpha value is -6.36. The molecule has 2 N–H and O–H groups in total. The number of fused-ring (bicyclic) bond motifs is 2. The minimum absolute atomic E-state index is 0.00217. The average Bonchev–Trinajstić information content (AvgIpc) is 3.65. The molecule has 1 unspecified atom stereocenters. The number of rotatable bonds is 13. The highest BCUT2D eigenvalue weighted by Crippen LogP contribution is 2.40. The number of imide groups is 1. The first-order chi connectivity index (χ1) is 25.1. The van der Waals surface area contributed by atoms with Crippen molar-refractivity contribution in [3.63, 3.8) is 0 Å². The molecule has 0 aliphatic carbocycles. The minimum Gasteiger partial charge on any atom is -0.465 e.